The number of methoxy groups -OCH3 is 1. The monoisotopic (exact) mass is 513 g/mol. The molecule has 0 bridgehead atoms. The Kier molecular flexibility index (Phi) is 6.10. The Hall–Kier alpha value is -2.87. The molecule has 174 valence electrons. The van der Waals surface area contributed by atoms with Crippen molar-refractivity contribution in [3.05, 3.63) is 87.9 Å². The zero-order valence-corrected chi connectivity index (χ0v) is 20.6. The second-order valence-electron chi connectivity index (χ2n) is 7.95. The van der Waals surface area contributed by atoms with Crippen LogP contribution in [0.5, 0.6) is 5.75 Å². The minimum absolute atomic E-state index is 0.176. The van der Waals surface area contributed by atoms with E-state index in [9.17, 15) is 9.59 Å². The average molecular weight is 514 g/mol. The van der Waals surface area contributed by atoms with E-state index in [0.29, 0.717) is 40.3 Å². The van der Waals surface area contributed by atoms with Crippen molar-refractivity contribution in [3.63, 3.8) is 0 Å². The van der Waals surface area contributed by atoms with Gasteiger partial charge in [-0.05, 0) is 54.1 Å². The summed E-state index contributed by atoms with van der Waals surface area (Å²) in [5.74, 6) is 1.07. The van der Waals surface area contributed by atoms with Crippen LogP contribution in [0.3, 0.4) is 0 Å². The predicted octanol–water partition coefficient (Wildman–Crippen LogP) is 5.98. The van der Waals surface area contributed by atoms with E-state index in [1.54, 1.807) is 47.2 Å². The normalized spacial score (nSPS) is 19.0. The predicted molar refractivity (Wildman–Crippen MR) is 137 cm³/mol. The maximum absolute atomic E-state index is 14.1. The fourth-order valence-electron chi connectivity index (χ4n) is 4.40. The molecule has 0 aliphatic carbocycles. The lowest BCUT2D eigenvalue weighted by Crippen LogP contribution is -2.51. The number of halogens is 2. The first-order valence-corrected chi connectivity index (χ1v) is 12.4. The first-order chi connectivity index (χ1) is 16.4. The maximum atomic E-state index is 14.1. The number of fused-ring (bicyclic) bond motifs is 2. The minimum Gasteiger partial charge on any atom is -0.497 e. The van der Waals surface area contributed by atoms with Gasteiger partial charge in [-0.25, -0.2) is 4.79 Å². The molecule has 34 heavy (non-hydrogen) atoms. The molecule has 2 aliphatic heterocycles. The van der Waals surface area contributed by atoms with Crippen molar-refractivity contribution in [2.75, 3.05) is 29.6 Å². The van der Waals surface area contributed by atoms with E-state index in [4.69, 9.17) is 27.9 Å². The summed E-state index contributed by atoms with van der Waals surface area (Å²) in [6, 6.07) is 19.5. The summed E-state index contributed by atoms with van der Waals surface area (Å²) in [5, 5.41) is 4.07. The summed E-state index contributed by atoms with van der Waals surface area (Å²) in [4.78, 5) is 29.7. The van der Waals surface area contributed by atoms with Crippen LogP contribution < -0.4 is 15.0 Å². The molecular formula is C25H21Cl2N3O3S. The third-order valence-electron chi connectivity index (χ3n) is 6.03. The summed E-state index contributed by atoms with van der Waals surface area (Å²) in [7, 11) is 1.58. The van der Waals surface area contributed by atoms with Gasteiger partial charge in [0.15, 0.2) is 4.87 Å². The van der Waals surface area contributed by atoms with Gasteiger partial charge in [0.25, 0.3) is 5.91 Å². The van der Waals surface area contributed by atoms with E-state index < -0.39 is 4.87 Å². The molecule has 0 saturated carbocycles. The second kappa shape index (κ2) is 9.06. The van der Waals surface area contributed by atoms with Gasteiger partial charge in [-0.15, -0.1) is 11.8 Å². The highest BCUT2D eigenvalue weighted by Crippen LogP contribution is 2.55. The van der Waals surface area contributed by atoms with Crippen LogP contribution in [0.15, 0.2) is 66.7 Å². The number of carbonyl (C=O) groups excluding carboxylic acids is 2. The first kappa shape index (κ1) is 22.9. The Morgan fingerprint density at radius 3 is 2.62 bits per heavy atom. The zero-order valence-electron chi connectivity index (χ0n) is 18.3. The molecule has 0 radical (unpaired) electrons. The van der Waals surface area contributed by atoms with E-state index >= 15 is 0 Å². The van der Waals surface area contributed by atoms with Crippen LogP contribution in [-0.2, 0) is 16.2 Å². The topological polar surface area (TPSA) is 61.9 Å². The smallest absolute Gasteiger partial charge is 0.323 e. The van der Waals surface area contributed by atoms with Crippen molar-refractivity contribution in [2.24, 2.45) is 0 Å². The number of amides is 3. The van der Waals surface area contributed by atoms with Gasteiger partial charge in [-0.3, -0.25) is 9.69 Å². The number of hydrogen-bond acceptors (Lipinski definition) is 4. The lowest BCUT2D eigenvalue weighted by molar-refractivity contribution is -0.123. The van der Waals surface area contributed by atoms with Gasteiger partial charge in [-0.1, -0.05) is 41.4 Å². The standard InChI is InChI=1S/C25H21Cl2N3O3S/c1-33-19-10-11-22-20(14-19)25(23(31)29(22)15-16-4-2-3-5-21(16)27)30(12-13-34-25)24(32)28-18-8-6-17(26)7-9-18/h2-11,14H,12-13,15H2,1H3,(H,28,32)/t25-/m0/s1. The van der Waals surface area contributed by atoms with Crippen molar-refractivity contribution in [3.8, 4) is 5.75 Å². The van der Waals surface area contributed by atoms with Gasteiger partial charge >= 0.3 is 6.03 Å². The van der Waals surface area contributed by atoms with E-state index in [1.807, 2.05) is 36.4 Å². The molecule has 1 spiro atoms. The third kappa shape index (κ3) is 3.78. The number of benzene rings is 3. The van der Waals surface area contributed by atoms with Crippen molar-refractivity contribution in [2.45, 2.75) is 11.4 Å². The third-order valence-corrected chi connectivity index (χ3v) is 8.07. The summed E-state index contributed by atoms with van der Waals surface area (Å²) in [6.07, 6.45) is 0. The molecule has 1 N–H and O–H groups in total. The number of urea groups is 1. The summed E-state index contributed by atoms with van der Waals surface area (Å²) in [5.41, 5.74) is 2.91. The average Bonchev–Trinajstić information content (AvgIpc) is 3.39. The molecule has 3 aromatic rings. The van der Waals surface area contributed by atoms with Crippen LogP contribution in [0.2, 0.25) is 10.0 Å². The fraction of sp³-hybridized carbons (Fsp3) is 0.200. The van der Waals surface area contributed by atoms with E-state index in [-0.39, 0.29) is 11.9 Å². The quantitative estimate of drug-likeness (QED) is 0.465. The van der Waals surface area contributed by atoms with Crippen molar-refractivity contribution in [1.82, 2.24) is 4.90 Å². The molecule has 6 nitrogen and oxygen atoms in total. The lowest BCUT2D eigenvalue weighted by Gasteiger charge is -2.33. The largest absolute Gasteiger partial charge is 0.497 e. The van der Waals surface area contributed by atoms with Crippen LogP contribution >= 0.6 is 35.0 Å². The number of thioether (sulfide) groups is 1. The Bertz CT molecular complexity index is 1270. The summed E-state index contributed by atoms with van der Waals surface area (Å²) < 4.78 is 5.46. The number of ether oxygens (including phenoxy) is 1. The number of rotatable bonds is 4. The Balaban J connectivity index is 1.55. The van der Waals surface area contributed by atoms with Crippen molar-refractivity contribution >= 4 is 58.3 Å². The van der Waals surface area contributed by atoms with Gasteiger partial charge in [-0.2, -0.15) is 0 Å². The molecule has 0 unspecified atom stereocenters. The van der Waals surface area contributed by atoms with Gasteiger partial charge in [0.2, 0.25) is 0 Å². The van der Waals surface area contributed by atoms with Crippen LogP contribution in [0.25, 0.3) is 0 Å². The number of carbonyl (C=O) groups is 2. The molecule has 3 aromatic carbocycles. The molecule has 2 heterocycles. The molecule has 1 saturated heterocycles. The van der Waals surface area contributed by atoms with E-state index in [1.165, 1.54) is 11.8 Å². The van der Waals surface area contributed by atoms with Gasteiger partial charge in [0, 0.05) is 33.6 Å². The van der Waals surface area contributed by atoms with Crippen molar-refractivity contribution in [1.29, 1.82) is 0 Å². The lowest BCUT2D eigenvalue weighted by atomic mass is 10.1. The number of hydrogen-bond donors (Lipinski definition) is 1. The van der Waals surface area contributed by atoms with Crippen molar-refractivity contribution < 1.29 is 14.3 Å². The molecule has 2 aliphatic rings. The SMILES string of the molecule is COc1ccc2c(c1)[C@]1(SCCN1C(=O)Nc1ccc(Cl)cc1)C(=O)N2Cc1ccccc1Cl. The van der Waals surface area contributed by atoms with Crippen LogP contribution in [0.1, 0.15) is 11.1 Å². The van der Waals surface area contributed by atoms with E-state index in [2.05, 4.69) is 5.32 Å². The number of anilines is 2. The zero-order chi connectivity index (χ0) is 23.9. The molecule has 1 fully saturated rings. The number of nitrogens with one attached hydrogen (secondary N) is 1. The Morgan fingerprint density at radius 2 is 1.88 bits per heavy atom. The highest BCUT2D eigenvalue weighted by atomic mass is 35.5. The maximum Gasteiger partial charge on any atom is 0.323 e. The fourth-order valence-corrected chi connectivity index (χ4v) is 6.17. The summed E-state index contributed by atoms with van der Waals surface area (Å²) in [6.45, 7) is 0.721. The highest BCUT2D eigenvalue weighted by Gasteiger charge is 2.59. The molecular weight excluding hydrogens is 493 g/mol. The second-order valence-corrected chi connectivity index (χ2v) is 10.1. The van der Waals surface area contributed by atoms with Crippen LogP contribution in [0, 0.1) is 0 Å². The summed E-state index contributed by atoms with van der Waals surface area (Å²) >= 11 is 13.8. The van der Waals surface area contributed by atoms with Gasteiger partial charge in [0.1, 0.15) is 5.75 Å². The van der Waals surface area contributed by atoms with Gasteiger partial charge < -0.3 is 15.0 Å². The van der Waals surface area contributed by atoms with Crippen LogP contribution in [-0.4, -0.2) is 36.2 Å². The Labute approximate surface area is 211 Å². The highest BCUT2D eigenvalue weighted by molar-refractivity contribution is 8.01. The molecule has 5 rings (SSSR count). The molecule has 0 aromatic heterocycles. The Morgan fingerprint density at radius 1 is 1.12 bits per heavy atom. The minimum atomic E-state index is -1.19. The first-order valence-electron chi connectivity index (χ1n) is 10.7. The molecule has 1 atom stereocenters. The molecule has 9 heteroatoms. The van der Waals surface area contributed by atoms with Gasteiger partial charge in [0.05, 0.1) is 19.3 Å². The van der Waals surface area contributed by atoms with E-state index in [0.717, 1.165) is 16.8 Å². The van der Waals surface area contributed by atoms with Crippen LogP contribution in [0.4, 0.5) is 16.2 Å². The molecule has 3 amide bonds. The number of nitrogens with zero attached hydrogens (tertiary/aromatic N) is 2.